The smallest absolute Gasteiger partial charge is 0.0231 e. The van der Waals surface area contributed by atoms with E-state index in [1.165, 1.54) is 47.1 Å². The molecule has 1 atom stereocenters. The normalized spacial score (nSPS) is 21.7. The van der Waals surface area contributed by atoms with Gasteiger partial charge in [-0.2, -0.15) is 0 Å². The number of rotatable bonds is 2. The Morgan fingerprint density at radius 2 is 1.53 bits per heavy atom. The van der Waals surface area contributed by atoms with E-state index < -0.39 is 0 Å². The lowest BCUT2D eigenvalue weighted by molar-refractivity contribution is 0.315. The summed E-state index contributed by atoms with van der Waals surface area (Å²) in [5, 5.41) is 0. The minimum Gasteiger partial charge on any atom is -0.0620 e. The van der Waals surface area contributed by atoms with E-state index in [1.54, 1.807) is 16.7 Å². The van der Waals surface area contributed by atoms with Gasteiger partial charge in [0.05, 0.1) is 0 Å². The van der Waals surface area contributed by atoms with E-state index in [-0.39, 0.29) is 10.8 Å². The van der Waals surface area contributed by atoms with Crippen LogP contribution in [0.3, 0.4) is 0 Å². The van der Waals surface area contributed by atoms with Crippen LogP contribution in [0.15, 0.2) is 60.7 Å². The van der Waals surface area contributed by atoms with Crippen LogP contribution >= 0.6 is 0 Å². The highest BCUT2D eigenvalue weighted by Crippen LogP contribution is 2.54. The molecule has 0 amide bonds. The Hall–Kier alpha value is -2.34. The Kier molecular flexibility index (Phi) is 4.47. The summed E-state index contributed by atoms with van der Waals surface area (Å²) < 4.78 is 0. The summed E-state index contributed by atoms with van der Waals surface area (Å²) in [5.74, 6) is 0.565. The molecule has 0 fully saturated rings. The lowest BCUT2D eigenvalue weighted by Crippen LogP contribution is -2.40. The van der Waals surface area contributed by atoms with Crippen molar-refractivity contribution in [3.63, 3.8) is 0 Å². The molecule has 0 saturated carbocycles. The third-order valence-corrected chi connectivity index (χ3v) is 8.02. The van der Waals surface area contributed by atoms with E-state index in [4.69, 9.17) is 0 Å². The molecule has 30 heavy (non-hydrogen) atoms. The molecule has 0 heterocycles. The molecule has 0 spiro atoms. The maximum absolute atomic E-state index is 2.50. The molecule has 1 unspecified atom stereocenters. The number of hydrogen-bond donors (Lipinski definition) is 0. The van der Waals surface area contributed by atoms with Crippen molar-refractivity contribution in [1.82, 2.24) is 0 Å². The summed E-state index contributed by atoms with van der Waals surface area (Å²) in [6, 6.07) is 23.1. The van der Waals surface area contributed by atoms with E-state index in [0.717, 1.165) is 6.42 Å². The Bertz CT molecular complexity index is 1110. The molecule has 3 aromatic rings. The van der Waals surface area contributed by atoms with Crippen molar-refractivity contribution in [1.29, 1.82) is 0 Å². The first-order valence-corrected chi connectivity index (χ1v) is 11.7. The van der Waals surface area contributed by atoms with Gasteiger partial charge in [-0.15, -0.1) is 0 Å². The summed E-state index contributed by atoms with van der Waals surface area (Å²) in [6.07, 6.45) is 4.86. The average molecular weight is 395 g/mol. The van der Waals surface area contributed by atoms with E-state index in [1.807, 2.05) is 0 Å². The monoisotopic (exact) mass is 394 g/mol. The first-order chi connectivity index (χ1) is 14.4. The van der Waals surface area contributed by atoms with Crippen LogP contribution in [0.4, 0.5) is 0 Å². The molecule has 0 bridgehead atoms. The lowest BCUT2D eigenvalue weighted by atomic mass is 9.56. The fourth-order valence-corrected chi connectivity index (χ4v) is 6.77. The summed E-state index contributed by atoms with van der Waals surface area (Å²) in [7, 11) is 0. The predicted molar refractivity (Wildman–Crippen MR) is 128 cm³/mol. The first kappa shape index (κ1) is 19.6. The van der Waals surface area contributed by atoms with Crippen molar-refractivity contribution in [2.24, 2.45) is 5.92 Å². The minimum atomic E-state index is 0.112. The molecule has 0 saturated heterocycles. The second-order valence-corrected chi connectivity index (χ2v) is 10.5. The molecule has 2 aliphatic rings. The van der Waals surface area contributed by atoms with Gasteiger partial charge < -0.3 is 0 Å². The fraction of sp³-hybridized carbons (Fsp3) is 0.400. The van der Waals surface area contributed by atoms with Crippen LogP contribution in [0.1, 0.15) is 73.9 Å². The van der Waals surface area contributed by atoms with Gasteiger partial charge in [0.25, 0.3) is 0 Å². The summed E-state index contributed by atoms with van der Waals surface area (Å²) >= 11 is 0. The Balaban J connectivity index is 1.83. The summed E-state index contributed by atoms with van der Waals surface area (Å²) in [5.41, 5.74) is 12.5. The van der Waals surface area contributed by atoms with E-state index in [0.29, 0.717) is 5.92 Å². The SMILES string of the molecule is Cc1ccccc1C1(C(C)C)CCCc2c1ccc1c2C(C)(C)Cc2ccccc2-1. The van der Waals surface area contributed by atoms with Crippen LogP contribution in [0.2, 0.25) is 0 Å². The van der Waals surface area contributed by atoms with Crippen molar-refractivity contribution in [3.8, 4) is 11.1 Å². The number of benzene rings is 3. The van der Waals surface area contributed by atoms with Crippen LogP contribution in [0.25, 0.3) is 11.1 Å². The van der Waals surface area contributed by atoms with Gasteiger partial charge >= 0.3 is 0 Å². The summed E-state index contributed by atoms with van der Waals surface area (Å²) in [6.45, 7) is 12.1. The van der Waals surface area contributed by atoms with E-state index in [2.05, 4.69) is 95.3 Å². The van der Waals surface area contributed by atoms with Gasteiger partial charge in [0.15, 0.2) is 0 Å². The van der Waals surface area contributed by atoms with Gasteiger partial charge in [-0.3, -0.25) is 0 Å². The maximum Gasteiger partial charge on any atom is 0.0231 e. The van der Waals surface area contributed by atoms with Gasteiger partial charge in [-0.25, -0.2) is 0 Å². The lowest BCUT2D eigenvalue weighted by Gasteiger charge is -2.47. The molecule has 0 N–H and O–H groups in total. The van der Waals surface area contributed by atoms with Gasteiger partial charge in [-0.1, -0.05) is 88.4 Å². The van der Waals surface area contributed by atoms with E-state index >= 15 is 0 Å². The molecule has 0 aliphatic heterocycles. The largest absolute Gasteiger partial charge is 0.0620 e. The Morgan fingerprint density at radius 3 is 2.30 bits per heavy atom. The molecule has 0 radical (unpaired) electrons. The standard InChI is InChI=1S/C30H34/c1-20(2)30(26-15-9-6-11-21(26)3)18-10-14-25-27(30)17-16-24-23-13-8-7-12-22(23)19-29(4,5)28(24)25/h6-9,11-13,15-17,20H,10,14,18-19H2,1-5H3. The first-order valence-electron chi connectivity index (χ1n) is 11.7. The molecule has 154 valence electrons. The fourth-order valence-electron chi connectivity index (χ4n) is 6.77. The Morgan fingerprint density at radius 1 is 0.800 bits per heavy atom. The van der Waals surface area contributed by atoms with Crippen molar-refractivity contribution >= 4 is 0 Å². The van der Waals surface area contributed by atoms with Gasteiger partial charge in [0.2, 0.25) is 0 Å². The highest BCUT2D eigenvalue weighted by molar-refractivity contribution is 5.78. The number of hydrogen-bond acceptors (Lipinski definition) is 0. The zero-order valence-electron chi connectivity index (χ0n) is 19.2. The zero-order chi connectivity index (χ0) is 21.1. The molecule has 2 aliphatic carbocycles. The molecular weight excluding hydrogens is 360 g/mol. The number of fused-ring (bicyclic) bond motifs is 5. The van der Waals surface area contributed by atoms with Crippen molar-refractivity contribution < 1.29 is 0 Å². The second-order valence-electron chi connectivity index (χ2n) is 10.5. The molecule has 3 aromatic carbocycles. The van der Waals surface area contributed by atoms with Crippen LogP contribution in [-0.4, -0.2) is 0 Å². The molecule has 0 aromatic heterocycles. The maximum atomic E-state index is 2.50. The van der Waals surface area contributed by atoms with Gasteiger partial charge in [0.1, 0.15) is 0 Å². The van der Waals surface area contributed by atoms with Crippen LogP contribution in [0, 0.1) is 12.8 Å². The molecule has 0 heteroatoms. The zero-order valence-corrected chi connectivity index (χ0v) is 19.2. The third-order valence-electron chi connectivity index (χ3n) is 8.02. The molecule has 5 rings (SSSR count). The average Bonchev–Trinajstić information content (AvgIpc) is 2.72. The van der Waals surface area contributed by atoms with Crippen LogP contribution in [-0.2, 0) is 23.7 Å². The van der Waals surface area contributed by atoms with E-state index in [9.17, 15) is 0 Å². The van der Waals surface area contributed by atoms with Gasteiger partial charge in [-0.05, 0) is 88.4 Å². The van der Waals surface area contributed by atoms with Crippen molar-refractivity contribution in [2.45, 2.75) is 71.1 Å². The molecule has 0 nitrogen and oxygen atoms in total. The Labute approximate surface area is 182 Å². The summed E-state index contributed by atoms with van der Waals surface area (Å²) in [4.78, 5) is 0. The number of aryl methyl sites for hydroxylation is 1. The van der Waals surface area contributed by atoms with Crippen LogP contribution in [0.5, 0.6) is 0 Å². The van der Waals surface area contributed by atoms with Crippen molar-refractivity contribution in [2.75, 3.05) is 0 Å². The predicted octanol–water partition coefficient (Wildman–Crippen LogP) is 7.77. The highest BCUT2D eigenvalue weighted by Gasteiger charge is 2.44. The topological polar surface area (TPSA) is 0 Å². The quantitative estimate of drug-likeness (QED) is 0.416. The second kappa shape index (κ2) is 6.84. The van der Waals surface area contributed by atoms with Crippen LogP contribution < -0.4 is 0 Å². The third kappa shape index (κ3) is 2.66. The highest BCUT2D eigenvalue weighted by atomic mass is 14.5. The van der Waals surface area contributed by atoms with Crippen molar-refractivity contribution in [3.05, 3.63) is 94.0 Å². The van der Waals surface area contributed by atoms with Gasteiger partial charge in [0, 0.05) is 5.41 Å². The minimum absolute atomic E-state index is 0.112. The molecular formula is C30H34.